The van der Waals surface area contributed by atoms with E-state index in [1.54, 1.807) is 49.4 Å². The van der Waals surface area contributed by atoms with Gasteiger partial charge in [-0.2, -0.15) is 0 Å². The van der Waals surface area contributed by atoms with Crippen LogP contribution in [0.2, 0.25) is 0 Å². The standard InChI is InChI=1S/C31H38N6O4S/c1-4-41-30(38)16-11-19-36-28-18-17-25(37(21-20-35(2)3)42(39,40)26-14-9-6-10-15-26)22-27(28)34-29(36)23-33-31(32)24-12-7-5-8-13-24/h5-10,12-15,17-18,22H,4,11,16,19-21,23H2,1-3H3,(H2,32,33). The van der Waals surface area contributed by atoms with Crippen molar-refractivity contribution in [3.8, 4) is 0 Å². The lowest BCUT2D eigenvalue weighted by Gasteiger charge is -2.26. The first-order valence-corrected chi connectivity index (χ1v) is 15.4. The maximum absolute atomic E-state index is 13.7. The Labute approximate surface area is 247 Å². The molecule has 0 aliphatic carbocycles. The van der Waals surface area contributed by atoms with Crippen LogP contribution in [0.25, 0.3) is 11.0 Å². The van der Waals surface area contributed by atoms with E-state index in [0.29, 0.717) is 49.0 Å². The molecule has 0 bridgehead atoms. The van der Waals surface area contributed by atoms with Crippen LogP contribution in [0.1, 0.15) is 31.2 Å². The van der Waals surface area contributed by atoms with Gasteiger partial charge in [0, 0.05) is 31.6 Å². The number of amidine groups is 1. The number of nitrogens with two attached hydrogens (primary N) is 1. The monoisotopic (exact) mass is 590 g/mol. The fourth-order valence-corrected chi connectivity index (χ4v) is 6.03. The lowest BCUT2D eigenvalue weighted by molar-refractivity contribution is -0.143. The number of esters is 1. The minimum atomic E-state index is -3.82. The highest BCUT2D eigenvalue weighted by molar-refractivity contribution is 7.92. The number of sulfonamides is 1. The van der Waals surface area contributed by atoms with E-state index in [2.05, 4.69) is 4.99 Å². The number of carbonyl (C=O) groups excluding carboxylic acids is 1. The molecule has 42 heavy (non-hydrogen) atoms. The molecule has 0 unspecified atom stereocenters. The molecule has 1 heterocycles. The third kappa shape index (κ3) is 7.54. The van der Waals surface area contributed by atoms with Crippen LogP contribution in [0.4, 0.5) is 5.69 Å². The van der Waals surface area contributed by atoms with Gasteiger partial charge in [0.15, 0.2) is 0 Å². The molecule has 4 aromatic rings. The number of likely N-dealkylation sites (N-methyl/N-ethyl adjacent to an activating group) is 1. The van der Waals surface area contributed by atoms with Crippen LogP contribution in [-0.2, 0) is 32.6 Å². The molecule has 0 atom stereocenters. The summed E-state index contributed by atoms with van der Waals surface area (Å²) >= 11 is 0. The van der Waals surface area contributed by atoms with Gasteiger partial charge in [-0.3, -0.25) is 14.1 Å². The highest BCUT2D eigenvalue weighted by Crippen LogP contribution is 2.28. The summed E-state index contributed by atoms with van der Waals surface area (Å²) in [7, 11) is -0.0104. The topological polar surface area (TPSA) is 123 Å². The molecule has 0 fully saturated rings. The summed E-state index contributed by atoms with van der Waals surface area (Å²) in [5, 5.41) is 0. The molecule has 0 aliphatic rings. The molecule has 1 aromatic heterocycles. The molecule has 10 nitrogen and oxygen atoms in total. The Kier molecular flexibility index (Phi) is 10.3. The Morgan fingerprint density at radius 3 is 2.36 bits per heavy atom. The molecule has 0 amide bonds. The van der Waals surface area contributed by atoms with E-state index in [4.69, 9.17) is 15.5 Å². The zero-order valence-electron chi connectivity index (χ0n) is 24.3. The van der Waals surface area contributed by atoms with E-state index in [0.717, 1.165) is 11.1 Å². The van der Waals surface area contributed by atoms with E-state index in [9.17, 15) is 13.2 Å². The largest absolute Gasteiger partial charge is 0.466 e. The minimum Gasteiger partial charge on any atom is -0.466 e. The minimum absolute atomic E-state index is 0.219. The molecule has 0 aliphatic heterocycles. The van der Waals surface area contributed by atoms with Gasteiger partial charge < -0.3 is 19.9 Å². The highest BCUT2D eigenvalue weighted by atomic mass is 32.2. The second-order valence-corrected chi connectivity index (χ2v) is 11.9. The van der Waals surface area contributed by atoms with E-state index in [1.165, 1.54) is 4.31 Å². The number of nitrogens with zero attached hydrogens (tertiary/aromatic N) is 5. The Morgan fingerprint density at radius 1 is 1.00 bits per heavy atom. The molecular weight excluding hydrogens is 552 g/mol. The Morgan fingerprint density at radius 2 is 1.69 bits per heavy atom. The lowest BCUT2D eigenvalue weighted by Crippen LogP contribution is -2.36. The number of imidazole rings is 1. The number of carbonyl (C=O) groups is 1. The third-order valence-corrected chi connectivity index (χ3v) is 8.55. The molecule has 0 saturated carbocycles. The molecule has 2 N–H and O–H groups in total. The fraction of sp³-hybridized carbons (Fsp3) is 0.323. The number of aromatic nitrogens is 2. The van der Waals surface area contributed by atoms with Gasteiger partial charge >= 0.3 is 5.97 Å². The van der Waals surface area contributed by atoms with Crippen molar-refractivity contribution in [3.63, 3.8) is 0 Å². The van der Waals surface area contributed by atoms with E-state index >= 15 is 0 Å². The zero-order chi connectivity index (χ0) is 30.1. The molecule has 4 rings (SSSR count). The van der Waals surface area contributed by atoms with Crippen LogP contribution in [0, 0.1) is 0 Å². The van der Waals surface area contributed by atoms with E-state index < -0.39 is 10.0 Å². The van der Waals surface area contributed by atoms with Crippen molar-refractivity contribution in [1.29, 1.82) is 0 Å². The van der Waals surface area contributed by atoms with Crippen LogP contribution < -0.4 is 10.0 Å². The normalized spacial score (nSPS) is 12.1. The lowest BCUT2D eigenvalue weighted by atomic mass is 10.2. The number of aryl methyl sites for hydroxylation is 1. The Hall–Kier alpha value is -4.22. The van der Waals surface area contributed by atoms with Gasteiger partial charge in [0.2, 0.25) is 0 Å². The van der Waals surface area contributed by atoms with E-state index in [1.807, 2.05) is 60.0 Å². The number of anilines is 1. The summed E-state index contributed by atoms with van der Waals surface area (Å²) in [5.74, 6) is 0.806. The second-order valence-electron chi connectivity index (χ2n) is 10.0. The van der Waals surface area contributed by atoms with Crippen LogP contribution >= 0.6 is 0 Å². The first-order valence-electron chi connectivity index (χ1n) is 13.9. The predicted octanol–water partition coefficient (Wildman–Crippen LogP) is 4.04. The van der Waals surface area contributed by atoms with Crippen molar-refractivity contribution < 1.29 is 17.9 Å². The molecule has 222 valence electrons. The summed E-state index contributed by atoms with van der Waals surface area (Å²) in [4.78, 5) is 23.6. The van der Waals surface area contributed by atoms with Crippen molar-refractivity contribution in [3.05, 3.63) is 90.3 Å². The molecule has 11 heteroatoms. The van der Waals surface area contributed by atoms with Crippen molar-refractivity contribution in [2.75, 3.05) is 38.1 Å². The molecular formula is C31H38N6O4S. The SMILES string of the molecule is CCOC(=O)CCCn1c(CN=C(N)c2ccccc2)nc2cc(N(CCN(C)C)S(=O)(=O)c3ccccc3)ccc21. The number of benzene rings is 3. The molecule has 0 spiro atoms. The second kappa shape index (κ2) is 14.1. The van der Waals surface area contributed by atoms with Crippen LogP contribution in [0.3, 0.4) is 0 Å². The van der Waals surface area contributed by atoms with Gasteiger partial charge in [-0.1, -0.05) is 48.5 Å². The summed E-state index contributed by atoms with van der Waals surface area (Å²) in [5.41, 5.74) is 9.03. The van der Waals surface area contributed by atoms with Gasteiger partial charge in [-0.15, -0.1) is 0 Å². The maximum atomic E-state index is 13.7. The van der Waals surface area contributed by atoms with Gasteiger partial charge in [0.1, 0.15) is 11.7 Å². The number of hydrogen-bond acceptors (Lipinski definition) is 7. The van der Waals surface area contributed by atoms with E-state index in [-0.39, 0.29) is 30.4 Å². The van der Waals surface area contributed by atoms with Crippen LogP contribution in [0.5, 0.6) is 0 Å². The van der Waals surface area contributed by atoms with Crippen molar-refractivity contribution in [2.45, 2.75) is 37.8 Å². The zero-order valence-corrected chi connectivity index (χ0v) is 25.1. The number of hydrogen-bond donors (Lipinski definition) is 1. The van der Waals surface area contributed by atoms with Crippen molar-refractivity contribution >= 4 is 38.5 Å². The maximum Gasteiger partial charge on any atom is 0.305 e. The van der Waals surface area contributed by atoms with Gasteiger partial charge in [0.05, 0.1) is 34.8 Å². The van der Waals surface area contributed by atoms with Crippen LogP contribution in [0.15, 0.2) is 88.8 Å². The summed E-state index contributed by atoms with van der Waals surface area (Å²) in [6.07, 6.45) is 0.822. The number of ether oxygens (including phenoxy) is 1. The average Bonchev–Trinajstić information content (AvgIpc) is 3.33. The van der Waals surface area contributed by atoms with Gasteiger partial charge in [-0.25, -0.2) is 13.4 Å². The van der Waals surface area contributed by atoms with Gasteiger partial charge in [0.25, 0.3) is 10.0 Å². The first kappa shape index (κ1) is 30.7. The molecule has 0 radical (unpaired) electrons. The number of rotatable bonds is 14. The third-order valence-electron chi connectivity index (χ3n) is 6.71. The smallest absolute Gasteiger partial charge is 0.305 e. The van der Waals surface area contributed by atoms with Crippen LogP contribution in [-0.4, -0.2) is 68.5 Å². The molecule has 3 aromatic carbocycles. The molecule has 0 saturated heterocycles. The fourth-order valence-electron chi connectivity index (χ4n) is 4.56. The Bertz CT molecular complexity index is 1620. The first-order chi connectivity index (χ1) is 20.2. The van der Waals surface area contributed by atoms with Gasteiger partial charge in [-0.05, 0) is 57.8 Å². The number of fused-ring (bicyclic) bond motifs is 1. The average molecular weight is 591 g/mol. The quantitative estimate of drug-likeness (QED) is 0.134. The Balaban J connectivity index is 1.72. The van der Waals surface area contributed by atoms with Crippen molar-refractivity contribution in [2.24, 2.45) is 10.7 Å². The highest BCUT2D eigenvalue weighted by Gasteiger charge is 2.26. The summed E-state index contributed by atoms with van der Waals surface area (Å²) in [6.45, 7) is 3.65. The number of aliphatic imine (C=N–C) groups is 1. The van der Waals surface area contributed by atoms with Crippen molar-refractivity contribution in [1.82, 2.24) is 14.5 Å². The summed E-state index contributed by atoms with van der Waals surface area (Å²) in [6, 6.07) is 23.4. The summed E-state index contributed by atoms with van der Waals surface area (Å²) < 4.78 is 36.0. The predicted molar refractivity (Wildman–Crippen MR) is 166 cm³/mol.